The van der Waals surface area contributed by atoms with Crippen LogP contribution in [0.4, 0.5) is 0 Å². The molecule has 1 aliphatic heterocycles. The zero-order chi connectivity index (χ0) is 5.82. The summed E-state index contributed by atoms with van der Waals surface area (Å²) in [6.45, 7) is 3.19. The summed E-state index contributed by atoms with van der Waals surface area (Å²) in [5.41, 5.74) is 1.41. The lowest BCUT2D eigenvalue weighted by Crippen LogP contribution is -2.09. The van der Waals surface area contributed by atoms with Gasteiger partial charge in [-0.15, -0.1) is 11.8 Å². The summed E-state index contributed by atoms with van der Waals surface area (Å²) in [5.74, 6) is 1.27. The van der Waals surface area contributed by atoms with E-state index in [2.05, 4.69) is 17.6 Å². The molecule has 0 saturated carbocycles. The van der Waals surface area contributed by atoms with E-state index < -0.39 is 0 Å². The van der Waals surface area contributed by atoms with E-state index in [1.807, 2.05) is 11.8 Å². The Labute approximate surface area is 54.5 Å². The van der Waals surface area contributed by atoms with Gasteiger partial charge in [0.05, 0.1) is 0 Å². The largest absolute Gasteiger partial charge is 0.388 e. The molecular weight excluding hydrogens is 118 g/mol. The van der Waals surface area contributed by atoms with Gasteiger partial charge in [-0.05, 0) is 18.8 Å². The third-order valence-electron chi connectivity index (χ3n) is 1.12. The van der Waals surface area contributed by atoms with E-state index in [-0.39, 0.29) is 0 Å². The molecule has 0 saturated heterocycles. The van der Waals surface area contributed by atoms with Crippen LogP contribution >= 0.6 is 11.8 Å². The van der Waals surface area contributed by atoms with Crippen LogP contribution in [0.3, 0.4) is 0 Å². The van der Waals surface area contributed by atoms with E-state index in [0.29, 0.717) is 0 Å². The first-order valence-electron chi connectivity index (χ1n) is 2.98. The molecule has 1 rings (SSSR count). The van der Waals surface area contributed by atoms with Crippen LogP contribution in [0.1, 0.15) is 13.3 Å². The van der Waals surface area contributed by atoms with E-state index in [1.165, 1.54) is 17.9 Å². The molecule has 1 N–H and O–H groups in total. The van der Waals surface area contributed by atoms with Gasteiger partial charge < -0.3 is 5.32 Å². The monoisotopic (exact) mass is 129 g/mol. The van der Waals surface area contributed by atoms with Crippen molar-refractivity contribution in [3.05, 3.63) is 11.1 Å². The molecule has 0 aliphatic carbocycles. The molecule has 0 fully saturated rings. The zero-order valence-electron chi connectivity index (χ0n) is 5.11. The van der Waals surface area contributed by atoms with Gasteiger partial charge in [-0.2, -0.15) is 0 Å². The average Bonchev–Trinajstić information content (AvgIpc) is 2.19. The van der Waals surface area contributed by atoms with Gasteiger partial charge in [-0.25, -0.2) is 0 Å². The lowest BCUT2D eigenvalue weighted by atomic mass is 10.4. The van der Waals surface area contributed by atoms with Gasteiger partial charge in [0.25, 0.3) is 0 Å². The Morgan fingerprint density at radius 2 is 2.75 bits per heavy atom. The maximum absolute atomic E-state index is 3.28. The molecule has 8 heavy (non-hydrogen) atoms. The predicted molar refractivity (Wildman–Crippen MR) is 38.8 cm³/mol. The topological polar surface area (TPSA) is 12.0 Å². The first-order valence-corrected chi connectivity index (χ1v) is 4.03. The van der Waals surface area contributed by atoms with E-state index in [0.717, 1.165) is 6.54 Å². The van der Waals surface area contributed by atoms with Gasteiger partial charge in [0, 0.05) is 18.0 Å². The highest BCUT2D eigenvalue weighted by atomic mass is 32.2. The molecule has 1 aliphatic rings. The lowest BCUT2D eigenvalue weighted by molar-refractivity contribution is 0.820. The smallest absolute Gasteiger partial charge is 0.0179 e. The van der Waals surface area contributed by atoms with Crippen LogP contribution in [0, 0.1) is 0 Å². The Balaban J connectivity index is 2.23. The normalized spacial score (nSPS) is 18.4. The minimum Gasteiger partial charge on any atom is -0.388 e. The molecule has 0 aromatic heterocycles. The van der Waals surface area contributed by atoms with Gasteiger partial charge in [0.15, 0.2) is 0 Å². The van der Waals surface area contributed by atoms with Gasteiger partial charge in [-0.3, -0.25) is 0 Å². The molecule has 0 amide bonds. The van der Waals surface area contributed by atoms with E-state index in [1.54, 1.807) is 0 Å². The van der Waals surface area contributed by atoms with Gasteiger partial charge in [0.2, 0.25) is 0 Å². The Morgan fingerprint density at radius 1 is 1.88 bits per heavy atom. The van der Waals surface area contributed by atoms with Crippen LogP contribution in [-0.2, 0) is 0 Å². The van der Waals surface area contributed by atoms with Crippen molar-refractivity contribution in [1.82, 2.24) is 5.32 Å². The van der Waals surface area contributed by atoms with Crippen molar-refractivity contribution in [2.75, 3.05) is 12.3 Å². The van der Waals surface area contributed by atoms with Crippen molar-refractivity contribution < 1.29 is 0 Å². The molecule has 1 nitrogen and oxygen atoms in total. The minimum absolute atomic E-state index is 1.06. The second kappa shape index (κ2) is 3.02. The van der Waals surface area contributed by atoms with Crippen molar-refractivity contribution in [2.24, 2.45) is 0 Å². The summed E-state index contributed by atoms with van der Waals surface area (Å²) < 4.78 is 0. The maximum atomic E-state index is 3.28. The lowest BCUT2D eigenvalue weighted by Gasteiger charge is -1.99. The summed E-state index contributed by atoms with van der Waals surface area (Å²) in [6.07, 6.45) is 1.23. The number of thioether (sulfide) groups is 1. The number of hydrogen-bond donors (Lipinski definition) is 1. The standard InChI is InChI=1S/C6H11NS/c1-2-7-6-3-4-8-5-6/h5,7H,2-4H2,1H3. The molecule has 0 atom stereocenters. The van der Waals surface area contributed by atoms with Crippen LogP contribution in [0.2, 0.25) is 0 Å². The second-order valence-electron chi connectivity index (χ2n) is 1.79. The second-order valence-corrected chi connectivity index (χ2v) is 2.77. The zero-order valence-corrected chi connectivity index (χ0v) is 5.92. The summed E-state index contributed by atoms with van der Waals surface area (Å²) in [7, 11) is 0. The van der Waals surface area contributed by atoms with Crippen LogP contribution in [0.25, 0.3) is 0 Å². The number of allylic oxidation sites excluding steroid dienone is 1. The highest BCUT2D eigenvalue weighted by Gasteiger charge is 2.00. The molecule has 0 aromatic rings. The Hall–Kier alpha value is -0.110. The van der Waals surface area contributed by atoms with Gasteiger partial charge in [-0.1, -0.05) is 0 Å². The van der Waals surface area contributed by atoms with Crippen LogP contribution in [0.15, 0.2) is 11.1 Å². The van der Waals surface area contributed by atoms with Crippen molar-refractivity contribution in [3.8, 4) is 0 Å². The van der Waals surface area contributed by atoms with Crippen LogP contribution in [-0.4, -0.2) is 12.3 Å². The molecule has 2 heteroatoms. The quantitative estimate of drug-likeness (QED) is 0.607. The molecule has 46 valence electrons. The average molecular weight is 129 g/mol. The van der Waals surface area contributed by atoms with Crippen molar-refractivity contribution >= 4 is 11.8 Å². The molecule has 0 bridgehead atoms. The third kappa shape index (κ3) is 1.44. The molecule has 0 spiro atoms. The Morgan fingerprint density at radius 3 is 3.25 bits per heavy atom. The minimum atomic E-state index is 1.06. The maximum Gasteiger partial charge on any atom is 0.0179 e. The summed E-state index contributed by atoms with van der Waals surface area (Å²) in [6, 6.07) is 0. The fraction of sp³-hybridized carbons (Fsp3) is 0.667. The molecular formula is C6H11NS. The summed E-state index contributed by atoms with van der Waals surface area (Å²) in [4.78, 5) is 0. The molecule has 0 aromatic carbocycles. The van der Waals surface area contributed by atoms with Crippen molar-refractivity contribution in [2.45, 2.75) is 13.3 Å². The first kappa shape index (κ1) is 6.02. The number of rotatable bonds is 2. The van der Waals surface area contributed by atoms with Crippen LogP contribution in [0.5, 0.6) is 0 Å². The van der Waals surface area contributed by atoms with E-state index in [4.69, 9.17) is 0 Å². The summed E-state index contributed by atoms with van der Waals surface area (Å²) >= 11 is 1.90. The van der Waals surface area contributed by atoms with E-state index in [9.17, 15) is 0 Å². The highest BCUT2D eigenvalue weighted by Crippen LogP contribution is 2.18. The SMILES string of the molecule is CCNC1=CSCC1. The van der Waals surface area contributed by atoms with Crippen molar-refractivity contribution in [1.29, 1.82) is 0 Å². The van der Waals surface area contributed by atoms with Gasteiger partial charge >= 0.3 is 0 Å². The molecule has 1 heterocycles. The van der Waals surface area contributed by atoms with Crippen molar-refractivity contribution in [3.63, 3.8) is 0 Å². The van der Waals surface area contributed by atoms with Gasteiger partial charge in [0.1, 0.15) is 0 Å². The Bertz CT molecular complexity index is 98.7. The predicted octanol–water partition coefficient (Wildman–Crippen LogP) is 1.57. The number of hydrogen-bond acceptors (Lipinski definition) is 2. The fourth-order valence-electron chi connectivity index (χ4n) is 0.744. The first-order chi connectivity index (χ1) is 3.93. The fourth-order valence-corrected chi connectivity index (χ4v) is 1.60. The van der Waals surface area contributed by atoms with E-state index >= 15 is 0 Å². The third-order valence-corrected chi connectivity index (χ3v) is 2.01. The summed E-state index contributed by atoms with van der Waals surface area (Å²) in [5, 5.41) is 5.50. The number of nitrogens with one attached hydrogen (secondary N) is 1. The van der Waals surface area contributed by atoms with Crippen LogP contribution < -0.4 is 5.32 Å². The Kier molecular flexibility index (Phi) is 2.27. The molecule has 0 radical (unpaired) electrons. The molecule has 0 unspecified atom stereocenters. The highest BCUT2D eigenvalue weighted by molar-refractivity contribution is 8.02.